The van der Waals surface area contributed by atoms with Crippen molar-refractivity contribution in [3.63, 3.8) is 0 Å². The van der Waals surface area contributed by atoms with Gasteiger partial charge in [0.05, 0.1) is 0 Å². The van der Waals surface area contributed by atoms with E-state index in [2.05, 4.69) is 0 Å². The van der Waals surface area contributed by atoms with Crippen molar-refractivity contribution in [1.82, 2.24) is 0 Å². The van der Waals surface area contributed by atoms with Crippen molar-refractivity contribution in [2.45, 2.75) is 0 Å². The summed E-state index contributed by atoms with van der Waals surface area (Å²) >= 11 is 0. The number of aromatic hydroxyl groups is 1. The summed E-state index contributed by atoms with van der Waals surface area (Å²) < 4.78 is 0. The van der Waals surface area contributed by atoms with E-state index in [0.717, 1.165) is 0 Å². The van der Waals surface area contributed by atoms with Gasteiger partial charge in [-0.25, -0.2) is 14.4 Å². The maximum absolute atomic E-state index is 10.3. The molecular weight excluding hydrogens is 286 g/mol. The minimum absolute atomic E-state index is 0. The molecular formula is C9H12BLiO10. The normalized spacial score (nSPS) is 7.76. The number of hydrogen-bond donors (Lipinski definition) is 7. The fourth-order valence-electron chi connectivity index (χ4n) is 0.654. The minimum atomic E-state index is -2.17. The molecule has 0 aliphatic heterocycles. The van der Waals surface area contributed by atoms with E-state index in [1.165, 1.54) is 12.1 Å². The Morgan fingerprint density at radius 1 is 0.857 bits per heavy atom. The number of para-hydroxylation sites is 1. The van der Waals surface area contributed by atoms with Crippen LogP contribution >= 0.6 is 0 Å². The molecule has 12 heteroatoms. The van der Waals surface area contributed by atoms with E-state index in [9.17, 15) is 4.79 Å². The predicted octanol–water partition coefficient (Wildman–Crippen LogP) is -2.45. The quantitative estimate of drug-likeness (QED) is 0.216. The Bertz CT molecular complexity index is 449. The molecule has 0 bridgehead atoms. The van der Waals surface area contributed by atoms with E-state index < -0.39 is 25.2 Å². The Morgan fingerprint density at radius 2 is 1.19 bits per heavy atom. The molecule has 0 saturated carbocycles. The second kappa shape index (κ2) is 13.0. The summed E-state index contributed by atoms with van der Waals surface area (Å²) in [6.07, 6.45) is 0. The fourth-order valence-corrected chi connectivity index (χ4v) is 0.654. The molecule has 0 heterocycles. The molecule has 0 aliphatic carbocycles. The summed E-state index contributed by atoms with van der Waals surface area (Å²) in [5.41, 5.74) is -0.0671. The number of benzene rings is 1. The summed E-state index contributed by atoms with van der Waals surface area (Å²) in [7, 11) is -2.17. The van der Waals surface area contributed by atoms with Gasteiger partial charge in [0.25, 0.3) is 0 Å². The zero-order valence-corrected chi connectivity index (χ0v) is 9.74. The van der Waals surface area contributed by atoms with Gasteiger partial charge in [0.2, 0.25) is 0 Å². The van der Waals surface area contributed by atoms with Crippen LogP contribution in [0.15, 0.2) is 24.3 Å². The molecule has 0 fully saturated rings. The molecule has 0 saturated heterocycles. The first-order valence-electron chi connectivity index (χ1n) is 4.61. The van der Waals surface area contributed by atoms with Crippen LogP contribution in [0.25, 0.3) is 0 Å². The molecule has 112 valence electrons. The molecule has 0 amide bonds. The van der Waals surface area contributed by atoms with Gasteiger partial charge in [0.15, 0.2) is 0 Å². The third-order valence-corrected chi connectivity index (χ3v) is 1.32. The van der Waals surface area contributed by atoms with Crippen molar-refractivity contribution in [3.8, 4) is 5.75 Å². The van der Waals surface area contributed by atoms with Crippen molar-refractivity contribution < 1.29 is 49.9 Å². The zero-order chi connectivity index (χ0) is 16.3. The maximum atomic E-state index is 10.3. The monoisotopic (exact) mass is 298 g/mol. The summed E-state index contributed by atoms with van der Waals surface area (Å²) in [6, 6.07) is 5.81. The molecule has 1 aromatic rings. The van der Waals surface area contributed by atoms with E-state index in [1.807, 2.05) is 0 Å². The summed E-state index contributed by atoms with van der Waals surface area (Å²) in [4.78, 5) is 28.5. The Labute approximate surface area is 130 Å². The number of aromatic carboxylic acids is 1. The summed E-state index contributed by atoms with van der Waals surface area (Å²) in [5.74, 6) is -4.96. The van der Waals surface area contributed by atoms with E-state index in [1.54, 1.807) is 12.1 Å². The van der Waals surface area contributed by atoms with Crippen molar-refractivity contribution in [2.24, 2.45) is 0 Å². The number of carbonyl (C=O) groups is 3. The summed E-state index contributed by atoms with van der Waals surface area (Å²) in [5, 5.41) is 53.6. The van der Waals surface area contributed by atoms with E-state index >= 15 is 0 Å². The van der Waals surface area contributed by atoms with Crippen LogP contribution in [0.2, 0.25) is 0 Å². The Kier molecular flexibility index (Phi) is 14.8. The van der Waals surface area contributed by atoms with Gasteiger partial charge in [-0.1, -0.05) is 12.1 Å². The van der Waals surface area contributed by atoms with Crippen LogP contribution in [0.5, 0.6) is 5.75 Å². The van der Waals surface area contributed by atoms with Crippen LogP contribution in [0, 0.1) is 0 Å². The number of rotatable bonds is 1. The van der Waals surface area contributed by atoms with Crippen molar-refractivity contribution >= 4 is 44.1 Å². The van der Waals surface area contributed by atoms with Gasteiger partial charge < -0.3 is 35.5 Å². The molecule has 10 nitrogen and oxygen atoms in total. The van der Waals surface area contributed by atoms with Gasteiger partial charge in [-0.05, 0) is 12.1 Å². The third kappa shape index (κ3) is 15.9. The fraction of sp³-hybridized carbons (Fsp3) is 0. The van der Waals surface area contributed by atoms with Crippen LogP contribution in [-0.2, 0) is 9.59 Å². The van der Waals surface area contributed by atoms with Crippen LogP contribution in [0.4, 0.5) is 0 Å². The van der Waals surface area contributed by atoms with Crippen LogP contribution < -0.4 is 0 Å². The standard InChI is InChI=1S/C7H6O3.C2H2O4.BH3O3.Li.H/c8-6-4-2-1-3-5(6)7(9)10;3-1(4)2(5)6;2-1(3)4;;/h1-4,8H,(H,9,10);(H,3,4)(H,5,6);2-4H;;. The number of carboxylic acids is 3. The van der Waals surface area contributed by atoms with E-state index in [0.29, 0.717) is 0 Å². The SMILES string of the molecule is O=C(O)C(=O)O.O=C(O)c1ccccc1O.OB(O)O.[LiH]. The number of hydrogen-bond acceptors (Lipinski definition) is 7. The average molecular weight is 298 g/mol. The first kappa shape index (κ1) is 24.0. The van der Waals surface area contributed by atoms with Gasteiger partial charge in [0, 0.05) is 0 Å². The second-order valence-electron chi connectivity index (χ2n) is 2.78. The van der Waals surface area contributed by atoms with Gasteiger partial charge in [-0.3, -0.25) is 0 Å². The molecule has 1 aromatic carbocycles. The second-order valence-corrected chi connectivity index (χ2v) is 2.78. The van der Waals surface area contributed by atoms with Crippen LogP contribution in [-0.4, -0.2) is 79.6 Å². The molecule has 0 unspecified atom stereocenters. The zero-order valence-electron chi connectivity index (χ0n) is 9.74. The Balaban J connectivity index is -0.000000255. The van der Waals surface area contributed by atoms with Crippen LogP contribution in [0.1, 0.15) is 10.4 Å². The molecule has 0 spiro atoms. The molecule has 1 rings (SSSR count). The topological polar surface area (TPSA) is 193 Å². The molecule has 0 atom stereocenters. The van der Waals surface area contributed by atoms with Gasteiger partial charge in [0.1, 0.15) is 11.3 Å². The predicted molar refractivity (Wildman–Crippen MR) is 69.9 cm³/mol. The molecule has 0 aromatic heterocycles. The van der Waals surface area contributed by atoms with Crippen LogP contribution in [0.3, 0.4) is 0 Å². The Hall–Kier alpha value is -2.03. The first-order valence-corrected chi connectivity index (χ1v) is 4.61. The van der Waals surface area contributed by atoms with E-state index in [4.69, 9.17) is 45.1 Å². The number of aliphatic carboxylic acids is 2. The summed E-state index contributed by atoms with van der Waals surface area (Å²) in [6.45, 7) is 0. The van der Waals surface area contributed by atoms with Crippen molar-refractivity contribution in [3.05, 3.63) is 29.8 Å². The van der Waals surface area contributed by atoms with E-state index in [-0.39, 0.29) is 30.2 Å². The Morgan fingerprint density at radius 3 is 1.38 bits per heavy atom. The van der Waals surface area contributed by atoms with Gasteiger partial charge >= 0.3 is 44.1 Å². The van der Waals surface area contributed by atoms with Crippen molar-refractivity contribution in [2.75, 3.05) is 0 Å². The molecule has 7 N–H and O–H groups in total. The number of carboxylic acid groups (broad SMARTS) is 3. The van der Waals surface area contributed by atoms with Gasteiger partial charge in [-0.2, -0.15) is 0 Å². The first-order chi connectivity index (χ1) is 9.09. The molecule has 0 radical (unpaired) electrons. The average Bonchev–Trinajstić information content (AvgIpc) is 2.29. The van der Waals surface area contributed by atoms with Crippen molar-refractivity contribution in [1.29, 1.82) is 0 Å². The number of phenols is 1. The third-order valence-electron chi connectivity index (χ3n) is 1.32. The van der Waals surface area contributed by atoms with Gasteiger partial charge in [-0.15, -0.1) is 0 Å². The molecule has 21 heavy (non-hydrogen) atoms. The molecule has 0 aliphatic rings.